The number of nitrogens with zero attached hydrogens (tertiary/aromatic N) is 5. The van der Waals surface area contributed by atoms with Crippen LogP contribution in [0.1, 0.15) is 31.2 Å². The van der Waals surface area contributed by atoms with Gasteiger partial charge in [-0.2, -0.15) is 9.61 Å². The number of likely N-dealkylation sites (tertiary alicyclic amines) is 1. The number of carbonyl (C=O) groups excluding carboxylic acids is 2. The number of amides is 2. The first kappa shape index (κ1) is 18.1. The monoisotopic (exact) mass is 395 g/mol. The van der Waals surface area contributed by atoms with Gasteiger partial charge in [-0.3, -0.25) is 14.9 Å². The molecule has 2 saturated heterocycles. The molecule has 9 heteroatoms. The van der Waals surface area contributed by atoms with Crippen molar-refractivity contribution >= 4 is 35.2 Å². The Bertz CT molecular complexity index is 1020. The maximum absolute atomic E-state index is 12.0. The molecule has 0 radical (unpaired) electrons. The second-order valence-electron chi connectivity index (χ2n) is 8.29. The summed E-state index contributed by atoms with van der Waals surface area (Å²) in [6, 6.07) is 2.94. The summed E-state index contributed by atoms with van der Waals surface area (Å²) in [5.74, 6) is 1.18. The number of imide groups is 1. The first-order valence-corrected chi connectivity index (χ1v) is 10.1. The minimum Gasteiger partial charge on any atom is -0.367 e. The zero-order valence-corrected chi connectivity index (χ0v) is 16.7. The van der Waals surface area contributed by atoms with Crippen molar-refractivity contribution in [3.63, 3.8) is 0 Å². The number of anilines is 2. The van der Waals surface area contributed by atoms with Crippen molar-refractivity contribution in [1.29, 1.82) is 0 Å². The Kier molecular flexibility index (Phi) is 4.27. The van der Waals surface area contributed by atoms with Gasteiger partial charge in [0, 0.05) is 42.9 Å². The molecule has 2 aliphatic heterocycles. The van der Waals surface area contributed by atoms with Gasteiger partial charge >= 0.3 is 0 Å². The number of carbonyl (C=O) groups is 2. The molecule has 5 rings (SSSR count). The van der Waals surface area contributed by atoms with Gasteiger partial charge in [0.15, 0.2) is 5.65 Å². The number of likely N-dealkylation sites (N-methyl/N-ethyl adjacent to an activating group) is 2. The molecule has 152 valence electrons. The van der Waals surface area contributed by atoms with E-state index >= 15 is 0 Å². The van der Waals surface area contributed by atoms with Gasteiger partial charge in [0.05, 0.1) is 12.6 Å². The van der Waals surface area contributed by atoms with Crippen molar-refractivity contribution in [3.05, 3.63) is 23.4 Å². The van der Waals surface area contributed by atoms with Gasteiger partial charge < -0.3 is 15.1 Å². The van der Waals surface area contributed by atoms with Crippen molar-refractivity contribution in [2.45, 2.75) is 37.8 Å². The van der Waals surface area contributed by atoms with Gasteiger partial charge in [-0.25, -0.2) is 4.98 Å². The van der Waals surface area contributed by atoms with E-state index in [1.54, 1.807) is 16.8 Å². The quantitative estimate of drug-likeness (QED) is 0.573. The van der Waals surface area contributed by atoms with Gasteiger partial charge in [-0.05, 0) is 38.9 Å². The third-order valence-corrected chi connectivity index (χ3v) is 5.92. The molecule has 3 fully saturated rings. The van der Waals surface area contributed by atoms with E-state index < -0.39 is 0 Å². The lowest BCUT2D eigenvalue weighted by Gasteiger charge is -2.26. The maximum atomic E-state index is 12.0. The SMILES string of the molecule is CN1CCC(N(C)c2cc(NC3CC3)n3ncc(/C=C4\CC(=O)NC4=O)c3n2)C1. The van der Waals surface area contributed by atoms with Crippen LogP contribution in [0.3, 0.4) is 0 Å². The number of rotatable bonds is 5. The zero-order valence-electron chi connectivity index (χ0n) is 16.7. The van der Waals surface area contributed by atoms with E-state index in [-0.39, 0.29) is 18.2 Å². The Morgan fingerprint density at radius 2 is 2.14 bits per heavy atom. The molecule has 1 saturated carbocycles. The smallest absolute Gasteiger partial charge is 0.254 e. The first-order chi connectivity index (χ1) is 14.0. The Morgan fingerprint density at radius 3 is 2.79 bits per heavy atom. The Balaban J connectivity index is 1.56. The lowest BCUT2D eigenvalue weighted by molar-refractivity contribution is -0.124. The minimum atomic E-state index is -0.340. The van der Waals surface area contributed by atoms with Gasteiger partial charge in [0.1, 0.15) is 11.6 Å². The highest BCUT2D eigenvalue weighted by Crippen LogP contribution is 2.30. The molecular weight excluding hydrogens is 370 g/mol. The van der Waals surface area contributed by atoms with E-state index in [4.69, 9.17) is 4.98 Å². The lowest BCUT2D eigenvalue weighted by atomic mass is 10.1. The van der Waals surface area contributed by atoms with Crippen LogP contribution in [0.4, 0.5) is 11.6 Å². The van der Waals surface area contributed by atoms with Crippen LogP contribution in [-0.2, 0) is 9.59 Å². The second kappa shape index (κ2) is 6.84. The van der Waals surface area contributed by atoms with Crippen LogP contribution < -0.4 is 15.5 Å². The van der Waals surface area contributed by atoms with Crippen molar-refractivity contribution in [1.82, 2.24) is 24.8 Å². The van der Waals surface area contributed by atoms with E-state index in [0.717, 1.165) is 49.6 Å². The first-order valence-electron chi connectivity index (χ1n) is 10.1. The highest BCUT2D eigenvalue weighted by molar-refractivity contribution is 6.15. The molecule has 2 amide bonds. The average molecular weight is 395 g/mol. The molecule has 29 heavy (non-hydrogen) atoms. The van der Waals surface area contributed by atoms with Gasteiger partial charge in [-0.15, -0.1) is 0 Å². The fraction of sp³-hybridized carbons (Fsp3) is 0.500. The summed E-state index contributed by atoms with van der Waals surface area (Å²) >= 11 is 0. The van der Waals surface area contributed by atoms with Crippen molar-refractivity contribution in [3.8, 4) is 0 Å². The molecule has 1 unspecified atom stereocenters. The van der Waals surface area contributed by atoms with Crippen LogP contribution in [0.2, 0.25) is 0 Å². The molecule has 1 atom stereocenters. The summed E-state index contributed by atoms with van der Waals surface area (Å²) in [5, 5.41) is 10.4. The van der Waals surface area contributed by atoms with Gasteiger partial charge in [0.25, 0.3) is 5.91 Å². The van der Waals surface area contributed by atoms with E-state index in [2.05, 4.69) is 45.7 Å². The van der Waals surface area contributed by atoms with E-state index in [9.17, 15) is 9.59 Å². The van der Waals surface area contributed by atoms with Crippen LogP contribution in [0, 0.1) is 0 Å². The standard InChI is InChI=1S/C20H25N7O2/c1-25-6-5-15(11-25)26(2)16-9-17(22-14-3-4-14)27-19(23-16)13(10-21-27)7-12-8-18(28)24-20(12)29/h7,9-10,14-15,22H,3-6,8,11H2,1-2H3,(H,24,28,29)/b12-7+. The number of hydrogen-bond donors (Lipinski definition) is 2. The third kappa shape index (κ3) is 3.46. The van der Waals surface area contributed by atoms with Crippen LogP contribution in [-0.4, -0.2) is 70.6 Å². The van der Waals surface area contributed by atoms with Crippen molar-refractivity contribution in [2.24, 2.45) is 0 Å². The number of nitrogens with one attached hydrogen (secondary N) is 2. The molecule has 2 aromatic heterocycles. The predicted molar refractivity (Wildman–Crippen MR) is 110 cm³/mol. The summed E-state index contributed by atoms with van der Waals surface area (Å²) in [5.41, 5.74) is 1.87. The molecular formula is C20H25N7O2. The summed E-state index contributed by atoms with van der Waals surface area (Å²) < 4.78 is 1.79. The molecule has 0 spiro atoms. The fourth-order valence-electron chi connectivity index (χ4n) is 4.01. The summed E-state index contributed by atoms with van der Waals surface area (Å²) in [6.07, 6.45) is 6.94. The summed E-state index contributed by atoms with van der Waals surface area (Å²) in [6.45, 7) is 2.09. The molecule has 0 aromatic carbocycles. The van der Waals surface area contributed by atoms with Crippen LogP contribution in [0.5, 0.6) is 0 Å². The van der Waals surface area contributed by atoms with E-state index in [1.165, 1.54) is 0 Å². The third-order valence-electron chi connectivity index (χ3n) is 5.92. The average Bonchev–Trinajstić information content (AvgIpc) is 3.09. The van der Waals surface area contributed by atoms with Crippen LogP contribution in [0.25, 0.3) is 11.7 Å². The Morgan fingerprint density at radius 1 is 1.31 bits per heavy atom. The molecule has 3 aliphatic rings. The van der Waals surface area contributed by atoms with E-state index in [1.807, 2.05) is 0 Å². The predicted octanol–water partition coefficient (Wildman–Crippen LogP) is 0.874. The number of hydrogen-bond acceptors (Lipinski definition) is 7. The number of fused-ring (bicyclic) bond motifs is 1. The minimum absolute atomic E-state index is 0.0946. The normalized spacial score (nSPS) is 23.9. The molecule has 4 heterocycles. The molecule has 9 nitrogen and oxygen atoms in total. The zero-order chi connectivity index (χ0) is 20.1. The fourth-order valence-corrected chi connectivity index (χ4v) is 4.01. The molecule has 1 aliphatic carbocycles. The second-order valence-corrected chi connectivity index (χ2v) is 8.29. The maximum Gasteiger partial charge on any atom is 0.254 e. The van der Waals surface area contributed by atoms with Crippen molar-refractivity contribution in [2.75, 3.05) is 37.4 Å². The number of aromatic nitrogens is 3. The van der Waals surface area contributed by atoms with Gasteiger partial charge in [-0.1, -0.05) is 0 Å². The Labute approximate surface area is 168 Å². The van der Waals surface area contributed by atoms with Gasteiger partial charge in [0.2, 0.25) is 5.91 Å². The Hall–Kier alpha value is -2.94. The van der Waals surface area contributed by atoms with Crippen LogP contribution in [0.15, 0.2) is 17.8 Å². The molecule has 0 bridgehead atoms. The summed E-state index contributed by atoms with van der Waals surface area (Å²) in [4.78, 5) is 32.9. The lowest BCUT2D eigenvalue weighted by Crippen LogP contribution is -2.34. The molecule has 2 N–H and O–H groups in total. The highest BCUT2D eigenvalue weighted by atomic mass is 16.2. The van der Waals surface area contributed by atoms with Crippen LogP contribution >= 0.6 is 0 Å². The van der Waals surface area contributed by atoms with Crippen molar-refractivity contribution < 1.29 is 9.59 Å². The largest absolute Gasteiger partial charge is 0.367 e. The topological polar surface area (TPSA) is 94.9 Å². The summed E-state index contributed by atoms with van der Waals surface area (Å²) in [7, 11) is 4.22. The van der Waals surface area contributed by atoms with E-state index in [0.29, 0.717) is 23.3 Å². The highest BCUT2D eigenvalue weighted by Gasteiger charge is 2.28. The molecule has 2 aromatic rings.